The Hall–Kier alpha value is -1.51. The molecule has 1 aromatic rings. The first-order valence-electron chi connectivity index (χ1n) is 7.99. The molecule has 114 valence electrons. The number of benzene rings is 1. The molecule has 1 fully saturated rings. The van der Waals surface area contributed by atoms with Crippen molar-refractivity contribution < 1.29 is 14.6 Å². The van der Waals surface area contributed by atoms with E-state index in [1.165, 1.54) is 0 Å². The Morgan fingerprint density at radius 3 is 2.52 bits per heavy atom. The second kappa shape index (κ2) is 5.04. The van der Waals surface area contributed by atoms with Gasteiger partial charge in [0.25, 0.3) is 0 Å². The van der Waals surface area contributed by atoms with Crippen molar-refractivity contribution >= 4 is 5.97 Å². The van der Waals surface area contributed by atoms with Gasteiger partial charge in [-0.1, -0.05) is 31.4 Å². The Bertz CT molecular complexity index is 554. The molecule has 0 spiro atoms. The highest BCUT2D eigenvalue weighted by atomic mass is 16.5. The zero-order valence-corrected chi connectivity index (χ0v) is 12.9. The smallest absolute Gasteiger partial charge is 0.314 e. The molecule has 3 rings (SSSR count). The molecule has 1 aliphatic heterocycles. The fourth-order valence-electron chi connectivity index (χ4n) is 3.74. The van der Waals surface area contributed by atoms with Crippen LogP contribution in [0.5, 0.6) is 5.75 Å². The maximum absolute atomic E-state index is 11.9. The van der Waals surface area contributed by atoms with Crippen LogP contribution >= 0.6 is 0 Å². The summed E-state index contributed by atoms with van der Waals surface area (Å²) >= 11 is 0. The van der Waals surface area contributed by atoms with Crippen molar-refractivity contribution in [2.75, 3.05) is 0 Å². The number of aryl methyl sites for hydroxylation is 1. The Balaban J connectivity index is 1.98. The van der Waals surface area contributed by atoms with E-state index in [-0.39, 0.29) is 5.60 Å². The Kier molecular flexibility index (Phi) is 3.46. The summed E-state index contributed by atoms with van der Waals surface area (Å²) in [5, 5.41) is 9.80. The first-order chi connectivity index (χ1) is 9.93. The molecule has 3 heteroatoms. The number of carbonyl (C=O) groups is 1. The monoisotopic (exact) mass is 288 g/mol. The van der Waals surface area contributed by atoms with Crippen molar-refractivity contribution in [2.24, 2.45) is 0 Å². The molecule has 0 amide bonds. The van der Waals surface area contributed by atoms with Crippen molar-refractivity contribution in [3.63, 3.8) is 0 Å². The maximum Gasteiger partial charge on any atom is 0.314 e. The molecule has 1 aromatic carbocycles. The van der Waals surface area contributed by atoms with Gasteiger partial charge in [-0.15, -0.1) is 0 Å². The van der Waals surface area contributed by atoms with Gasteiger partial charge in [-0.25, -0.2) is 0 Å². The highest BCUT2D eigenvalue weighted by Crippen LogP contribution is 2.42. The minimum absolute atomic E-state index is 0.121. The molecule has 0 unspecified atom stereocenters. The molecule has 0 saturated heterocycles. The normalized spacial score (nSPS) is 23.0. The number of carboxylic acid groups (broad SMARTS) is 1. The molecule has 0 radical (unpaired) electrons. The van der Waals surface area contributed by atoms with E-state index in [0.29, 0.717) is 0 Å². The first-order valence-corrected chi connectivity index (χ1v) is 7.99. The van der Waals surface area contributed by atoms with Gasteiger partial charge in [-0.2, -0.15) is 0 Å². The molecular formula is C18H24O3. The molecule has 2 aliphatic rings. The lowest BCUT2D eigenvalue weighted by atomic mass is 9.69. The van der Waals surface area contributed by atoms with E-state index in [1.54, 1.807) is 0 Å². The fraction of sp³-hybridized carbons (Fsp3) is 0.611. The summed E-state index contributed by atoms with van der Waals surface area (Å²) in [5.41, 5.74) is 1.33. The highest BCUT2D eigenvalue weighted by molar-refractivity contribution is 5.81. The number of hydrogen-bond acceptors (Lipinski definition) is 2. The van der Waals surface area contributed by atoms with Gasteiger partial charge in [-0.05, 0) is 56.7 Å². The predicted octanol–water partition coefficient (Wildman–Crippen LogP) is 4.08. The van der Waals surface area contributed by atoms with Gasteiger partial charge in [0.2, 0.25) is 0 Å². The topological polar surface area (TPSA) is 46.5 Å². The summed E-state index contributed by atoms with van der Waals surface area (Å²) in [7, 11) is 0. The van der Waals surface area contributed by atoms with Crippen LogP contribution in [-0.2, 0) is 16.6 Å². The lowest BCUT2D eigenvalue weighted by Crippen LogP contribution is -2.38. The molecule has 1 N–H and O–H groups in total. The van der Waals surface area contributed by atoms with E-state index in [4.69, 9.17) is 4.74 Å². The average Bonchev–Trinajstić information content (AvgIpc) is 2.46. The number of aliphatic carboxylic acids is 1. The fourth-order valence-corrected chi connectivity index (χ4v) is 3.74. The van der Waals surface area contributed by atoms with E-state index in [2.05, 4.69) is 19.9 Å². The van der Waals surface area contributed by atoms with Crippen LogP contribution < -0.4 is 4.74 Å². The molecule has 1 saturated carbocycles. The van der Waals surface area contributed by atoms with Crippen LogP contribution in [0, 0.1) is 0 Å². The third kappa shape index (κ3) is 2.54. The maximum atomic E-state index is 11.9. The number of rotatable bonds is 2. The summed E-state index contributed by atoms with van der Waals surface area (Å²) in [6.07, 6.45) is 6.62. The average molecular weight is 288 g/mol. The summed E-state index contributed by atoms with van der Waals surface area (Å²) in [6.45, 7) is 4.20. The molecule has 0 atom stereocenters. The van der Waals surface area contributed by atoms with E-state index in [0.717, 1.165) is 61.8 Å². The van der Waals surface area contributed by atoms with Gasteiger partial charge in [0.05, 0.1) is 5.41 Å². The van der Waals surface area contributed by atoms with Gasteiger partial charge < -0.3 is 9.84 Å². The van der Waals surface area contributed by atoms with Crippen molar-refractivity contribution in [2.45, 2.75) is 69.8 Å². The van der Waals surface area contributed by atoms with Crippen molar-refractivity contribution in [3.05, 3.63) is 29.3 Å². The number of carboxylic acids is 1. The van der Waals surface area contributed by atoms with Crippen molar-refractivity contribution in [1.82, 2.24) is 0 Å². The lowest BCUT2D eigenvalue weighted by molar-refractivity contribution is -0.145. The Morgan fingerprint density at radius 1 is 1.14 bits per heavy atom. The Morgan fingerprint density at radius 2 is 1.86 bits per heavy atom. The molecule has 3 nitrogen and oxygen atoms in total. The van der Waals surface area contributed by atoms with Gasteiger partial charge >= 0.3 is 5.97 Å². The van der Waals surface area contributed by atoms with Gasteiger partial charge in [0, 0.05) is 0 Å². The van der Waals surface area contributed by atoms with E-state index in [1.807, 2.05) is 12.1 Å². The standard InChI is InChI=1S/C18H24O3/c1-17(2)11-8-13-12-14(6-7-15(13)21-17)18(16(19)20)9-4-3-5-10-18/h6-7,12H,3-5,8-11H2,1-2H3,(H,19,20). The minimum atomic E-state index is -0.680. The lowest BCUT2D eigenvalue weighted by Gasteiger charge is -2.36. The van der Waals surface area contributed by atoms with Gasteiger partial charge in [-0.3, -0.25) is 4.79 Å². The molecule has 1 heterocycles. The summed E-state index contributed by atoms with van der Waals surface area (Å²) in [6, 6.07) is 6.04. The second-order valence-electron chi connectivity index (χ2n) is 7.13. The van der Waals surface area contributed by atoms with Crippen LogP contribution in [0.2, 0.25) is 0 Å². The van der Waals surface area contributed by atoms with E-state index < -0.39 is 11.4 Å². The minimum Gasteiger partial charge on any atom is -0.488 e. The number of ether oxygens (including phenoxy) is 1. The molecule has 1 aliphatic carbocycles. The molecular weight excluding hydrogens is 264 g/mol. The number of hydrogen-bond donors (Lipinski definition) is 1. The highest BCUT2D eigenvalue weighted by Gasteiger charge is 2.42. The van der Waals surface area contributed by atoms with Crippen LogP contribution in [-0.4, -0.2) is 16.7 Å². The van der Waals surface area contributed by atoms with Gasteiger partial charge in [0.1, 0.15) is 11.4 Å². The van der Waals surface area contributed by atoms with Crippen LogP contribution in [0.15, 0.2) is 18.2 Å². The number of fused-ring (bicyclic) bond motifs is 1. The van der Waals surface area contributed by atoms with E-state index >= 15 is 0 Å². The summed E-state index contributed by atoms with van der Waals surface area (Å²) in [5.74, 6) is 0.255. The third-order valence-electron chi connectivity index (χ3n) is 5.11. The molecule has 0 bridgehead atoms. The Labute approximate surface area is 126 Å². The van der Waals surface area contributed by atoms with Crippen LogP contribution in [0.3, 0.4) is 0 Å². The SMILES string of the molecule is CC1(C)CCc2cc(C3(C(=O)O)CCCCC3)ccc2O1. The predicted molar refractivity (Wildman–Crippen MR) is 81.9 cm³/mol. The molecule has 0 aromatic heterocycles. The van der Waals surface area contributed by atoms with Crippen LogP contribution in [0.25, 0.3) is 0 Å². The van der Waals surface area contributed by atoms with Crippen molar-refractivity contribution in [3.8, 4) is 5.75 Å². The first kappa shape index (κ1) is 14.4. The van der Waals surface area contributed by atoms with E-state index in [9.17, 15) is 9.90 Å². The second-order valence-corrected chi connectivity index (χ2v) is 7.13. The zero-order valence-electron chi connectivity index (χ0n) is 12.9. The summed E-state index contributed by atoms with van der Waals surface area (Å²) < 4.78 is 6.01. The summed E-state index contributed by atoms with van der Waals surface area (Å²) in [4.78, 5) is 11.9. The quantitative estimate of drug-likeness (QED) is 0.892. The zero-order chi connectivity index (χ0) is 15.1. The van der Waals surface area contributed by atoms with Crippen molar-refractivity contribution in [1.29, 1.82) is 0 Å². The third-order valence-corrected chi connectivity index (χ3v) is 5.11. The largest absolute Gasteiger partial charge is 0.488 e. The van der Waals surface area contributed by atoms with Crippen LogP contribution in [0.1, 0.15) is 63.5 Å². The van der Waals surface area contributed by atoms with Crippen LogP contribution in [0.4, 0.5) is 0 Å². The van der Waals surface area contributed by atoms with Gasteiger partial charge in [0.15, 0.2) is 0 Å². The molecule has 21 heavy (non-hydrogen) atoms.